The third kappa shape index (κ3) is 10.5. The molecule has 0 atom stereocenters. The molecule has 0 radical (unpaired) electrons. The van der Waals surface area contributed by atoms with Gasteiger partial charge in [0.15, 0.2) is 5.82 Å². The summed E-state index contributed by atoms with van der Waals surface area (Å²) in [5.74, 6) is 1.76. The Bertz CT molecular complexity index is 5930. The topological polar surface area (TPSA) is 53.5 Å². The van der Waals surface area contributed by atoms with Crippen LogP contribution in [0.25, 0.3) is 172 Å². The van der Waals surface area contributed by atoms with Crippen LogP contribution in [0.1, 0.15) is 12.7 Å². The van der Waals surface area contributed by atoms with Crippen LogP contribution in [0.3, 0.4) is 0 Å². The van der Waals surface area contributed by atoms with Crippen molar-refractivity contribution in [1.82, 2.24) is 28.7 Å². The van der Waals surface area contributed by atoms with Crippen LogP contribution in [0.15, 0.2) is 358 Å². The van der Waals surface area contributed by atoms with E-state index in [0.29, 0.717) is 5.82 Å². The van der Waals surface area contributed by atoms with Gasteiger partial charge in [-0.2, -0.15) is 0 Å². The Labute approximate surface area is 573 Å². The Morgan fingerprint density at radius 2 is 0.545 bits per heavy atom. The van der Waals surface area contributed by atoms with E-state index >= 15 is 0 Å². The number of benzene rings is 15. The number of aromatic nitrogens is 6. The van der Waals surface area contributed by atoms with Gasteiger partial charge in [-0.15, -0.1) is 0 Å². The zero-order valence-corrected chi connectivity index (χ0v) is 54.5. The molecule has 0 fully saturated rings. The quantitative estimate of drug-likeness (QED) is 0.121. The van der Waals surface area contributed by atoms with E-state index in [2.05, 4.69) is 354 Å². The Morgan fingerprint density at radius 1 is 0.222 bits per heavy atom. The standard InChI is InChI=1S/C52H34N4.C41H30N2/c1-3-15-35(16-4-1)36-27-29-37(30-28-36)46-34-47(54-52(53-46)38-17-5-2-6-18-38)39-31-40(55-48-23-11-7-19-42(48)43-20-8-12-24-49(43)55)33-41(32-39)56-50-25-13-9-21-44(50)45-22-10-14-26-51(45)56;1-2-39-42-37-18-10-11-19-38(37)43(39)32-26-24-31(25-27-32)41-35-16-8-6-14-33(35)40(34-15-7-9-17-36(34)41)30-22-20-29(21-23-30)28-12-4-3-5-13-28/h1-34H;3-27H,2H2,1H3. The molecule has 0 aliphatic carbocycles. The lowest BCUT2D eigenvalue weighted by Crippen LogP contribution is -2.01. The second-order valence-corrected chi connectivity index (χ2v) is 25.3. The average molecular weight is 1270 g/mol. The molecule has 6 nitrogen and oxygen atoms in total. The molecule has 0 amide bonds. The smallest absolute Gasteiger partial charge is 0.160 e. The first kappa shape index (κ1) is 58.5. The largest absolute Gasteiger partial charge is 0.309 e. The van der Waals surface area contributed by atoms with Gasteiger partial charge in [0, 0.05) is 61.7 Å². The van der Waals surface area contributed by atoms with Gasteiger partial charge in [-0.1, -0.05) is 292 Å². The summed E-state index contributed by atoms with van der Waals surface area (Å²) >= 11 is 0. The van der Waals surface area contributed by atoms with Crippen LogP contribution in [0.5, 0.6) is 0 Å². The highest BCUT2D eigenvalue weighted by molar-refractivity contribution is 6.21. The molecule has 0 spiro atoms. The van der Waals surface area contributed by atoms with Gasteiger partial charge in [0.25, 0.3) is 0 Å². The maximum atomic E-state index is 5.33. The van der Waals surface area contributed by atoms with Crippen LogP contribution in [-0.4, -0.2) is 28.7 Å². The summed E-state index contributed by atoms with van der Waals surface area (Å²) in [6, 6.07) is 128. The molecule has 466 valence electrons. The van der Waals surface area contributed by atoms with E-state index in [1.165, 1.54) is 87.6 Å². The Kier molecular flexibility index (Phi) is 14.8. The number of fused-ring (bicyclic) bond motifs is 9. The molecular weight excluding hydrogens is 1200 g/mol. The van der Waals surface area contributed by atoms with Crippen molar-refractivity contribution in [3.05, 3.63) is 364 Å². The Balaban J connectivity index is 0.000000148. The van der Waals surface area contributed by atoms with Crippen LogP contribution in [0.2, 0.25) is 0 Å². The van der Waals surface area contributed by atoms with E-state index in [4.69, 9.17) is 15.0 Å². The van der Waals surface area contributed by atoms with Gasteiger partial charge in [0.1, 0.15) is 5.82 Å². The van der Waals surface area contributed by atoms with E-state index in [-0.39, 0.29) is 0 Å². The van der Waals surface area contributed by atoms with Gasteiger partial charge in [-0.25, -0.2) is 15.0 Å². The maximum Gasteiger partial charge on any atom is 0.160 e. The lowest BCUT2D eigenvalue weighted by Gasteiger charge is -2.18. The van der Waals surface area contributed by atoms with Gasteiger partial charge in [0.2, 0.25) is 0 Å². The molecule has 0 bridgehead atoms. The van der Waals surface area contributed by atoms with E-state index in [9.17, 15) is 0 Å². The molecule has 0 saturated carbocycles. The monoisotopic (exact) mass is 1260 g/mol. The second kappa shape index (κ2) is 24.9. The molecule has 0 aliphatic heterocycles. The van der Waals surface area contributed by atoms with Crippen LogP contribution in [0.4, 0.5) is 0 Å². The predicted molar refractivity (Wildman–Crippen MR) is 414 cm³/mol. The number of rotatable bonds is 11. The molecule has 0 saturated heterocycles. The molecule has 0 unspecified atom stereocenters. The van der Waals surface area contributed by atoms with Crippen LogP contribution in [-0.2, 0) is 6.42 Å². The molecule has 4 aromatic heterocycles. The van der Waals surface area contributed by atoms with E-state index in [0.717, 1.165) is 90.5 Å². The van der Waals surface area contributed by atoms with Gasteiger partial charge in [-0.05, 0) is 139 Å². The highest BCUT2D eigenvalue weighted by atomic mass is 15.1. The van der Waals surface area contributed by atoms with Crippen molar-refractivity contribution in [3.63, 3.8) is 0 Å². The molecule has 4 heterocycles. The number of nitrogens with zero attached hydrogens (tertiary/aromatic N) is 6. The molecular formula is C93H64N6. The zero-order valence-electron chi connectivity index (χ0n) is 54.5. The molecule has 15 aromatic carbocycles. The zero-order chi connectivity index (χ0) is 65.8. The first-order valence-corrected chi connectivity index (χ1v) is 34.0. The van der Waals surface area contributed by atoms with Crippen molar-refractivity contribution in [2.24, 2.45) is 0 Å². The summed E-state index contributed by atoms with van der Waals surface area (Å²) in [5, 5.41) is 9.95. The van der Waals surface area contributed by atoms with Crippen molar-refractivity contribution in [1.29, 1.82) is 0 Å². The fraction of sp³-hybridized carbons (Fsp3) is 0.0215. The summed E-state index contributed by atoms with van der Waals surface area (Å²) in [6.07, 6.45) is 0.875. The fourth-order valence-electron chi connectivity index (χ4n) is 14.9. The molecule has 99 heavy (non-hydrogen) atoms. The van der Waals surface area contributed by atoms with Crippen molar-refractivity contribution < 1.29 is 0 Å². The number of hydrogen-bond acceptors (Lipinski definition) is 3. The number of aryl methyl sites for hydroxylation is 1. The van der Waals surface area contributed by atoms with Gasteiger partial charge in [0.05, 0.1) is 44.5 Å². The Hall–Kier alpha value is -13.0. The third-order valence-corrected chi connectivity index (χ3v) is 19.5. The summed E-state index contributed by atoms with van der Waals surface area (Å²) in [5.41, 5.74) is 24.6. The summed E-state index contributed by atoms with van der Waals surface area (Å²) in [4.78, 5) is 15.4. The SMILES string of the molecule is CCc1nc2ccccc2n1-c1ccc(-c2c3ccccc3c(-c3ccc(-c4ccccc4)cc3)c3ccccc23)cc1.c1ccc(-c2ccc(-c3cc(-c4cc(-n5c6ccccc6c6ccccc65)cc(-n5c6ccccc6c6ccccc65)c4)nc(-c4ccccc4)n3)cc2)cc1. The highest BCUT2D eigenvalue weighted by Crippen LogP contribution is 2.45. The van der Waals surface area contributed by atoms with Gasteiger partial charge in [-0.3, -0.25) is 4.57 Å². The highest BCUT2D eigenvalue weighted by Gasteiger charge is 2.22. The summed E-state index contributed by atoms with van der Waals surface area (Å²) < 4.78 is 7.08. The van der Waals surface area contributed by atoms with Crippen molar-refractivity contribution in [3.8, 4) is 95.5 Å². The van der Waals surface area contributed by atoms with E-state index < -0.39 is 0 Å². The fourth-order valence-corrected chi connectivity index (χ4v) is 14.9. The van der Waals surface area contributed by atoms with Crippen LogP contribution in [0, 0.1) is 0 Å². The van der Waals surface area contributed by atoms with E-state index in [1.54, 1.807) is 0 Å². The normalized spacial score (nSPS) is 11.5. The average Bonchev–Trinajstić information content (AvgIpc) is 1.37. The van der Waals surface area contributed by atoms with Crippen molar-refractivity contribution in [2.45, 2.75) is 13.3 Å². The van der Waals surface area contributed by atoms with Crippen molar-refractivity contribution >= 4 is 76.2 Å². The second-order valence-electron chi connectivity index (χ2n) is 25.3. The minimum atomic E-state index is 0.686. The lowest BCUT2D eigenvalue weighted by molar-refractivity contribution is 0.908. The number of para-hydroxylation sites is 6. The minimum absolute atomic E-state index is 0.686. The Morgan fingerprint density at radius 3 is 0.970 bits per heavy atom. The molecule has 19 aromatic rings. The first-order chi connectivity index (χ1) is 49.1. The molecule has 19 rings (SSSR count). The molecule has 0 aliphatic rings. The van der Waals surface area contributed by atoms with Gasteiger partial charge < -0.3 is 9.13 Å². The molecule has 6 heteroatoms. The summed E-state index contributed by atoms with van der Waals surface area (Å²) in [6.45, 7) is 2.17. The maximum absolute atomic E-state index is 5.33. The summed E-state index contributed by atoms with van der Waals surface area (Å²) in [7, 11) is 0. The minimum Gasteiger partial charge on any atom is -0.309 e. The predicted octanol–water partition coefficient (Wildman–Crippen LogP) is 24.2. The van der Waals surface area contributed by atoms with E-state index in [1.807, 2.05) is 24.3 Å². The lowest BCUT2D eigenvalue weighted by atomic mass is 9.85. The van der Waals surface area contributed by atoms with Crippen LogP contribution < -0.4 is 0 Å². The van der Waals surface area contributed by atoms with Crippen molar-refractivity contribution in [2.75, 3.05) is 0 Å². The number of imidazole rings is 1. The number of hydrogen-bond donors (Lipinski definition) is 0. The van der Waals surface area contributed by atoms with Crippen LogP contribution >= 0.6 is 0 Å². The third-order valence-electron chi connectivity index (χ3n) is 19.5. The molecule has 0 N–H and O–H groups in total. The van der Waals surface area contributed by atoms with Gasteiger partial charge >= 0.3 is 0 Å². The first-order valence-electron chi connectivity index (χ1n) is 34.0.